The topological polar surface area (TPSA) is 35.9 Å². The second-order valence-electron chi connectivity index (χ2n) is 6.73. The molecule has 2 fully saturated rings. The molecule has 2 heterocycles. The maximum Gasteiger partial charge on any atom is 0.171 e. The number of halogens is 1. The normalized spacial score (nSPS) is 21.5. The van der Waals surface area contributed by atoms with Crippen LogP contribution in [0.4, 0.5) is 0 Å². The van der Waals surface area contributed by atoms with Gasteiger partial charge in [0.15, 0.2) is 11.5 Å². The summed E-state index contributed by atoms with van der Waals surface area (Å²) in [7, 11) is 1.61. The van der Waals surface area contributed by atoms with Crippen LogP contribution in [0.2, 0.25) is 0 Å². The highest BCUT2D eigenvalue weighted by Gasteiger charge is 2.25. The number of likely N-dealkylation sites (tertiary alicyclic amines) is 2. The van der Waals surface area contributed by atoms with Crippen molar-refractivity contribution >= 4 is 22.6 Å². The largest absolute Gasteiger partial charge is 0.504 e. The van der Waals surface area contributed by atoms with Crippen molar-refractivity contribution in [3.63, 3.8) is 0 Å². The first kappa shape index (κ1) is 17.3. The molecule has 0 bridgehead atoms. The third kappa shape index (κ3) is 4.31. The van der Waals surface area contributed by atoms with Gasteiger partial charge in [-0.05, 0) is 92.1 Å². The van der Waals surface area contributed by atoms with Crippen LogP contribution >= 0.6 is 22.6 Å². The van der Waals surface area contributed by atoms with Gasteiger partial charge in [0.25, 0.3) is 0 Å². The van der Waals surface area contributed by atoms with Crippen molar-refractivity contribution in [2.45, 2.75) is 44.7 Å². The number of hydrogen-bond acceptors (Lipinski definition) is 4. The van der Waals surface area contributed by atoms with E-state index < -0.39 is 0 Å². The lowest BCUT2D eigenvalue weighted by Crippen LogP contribution is -2.46. The van der Waals surface area contributed by atoms with E-state index >= 15 is 0 Å². The molecule has 1 N–H and O–H groups in total. The minimum Gasteiger partial charge on any atom is -0.504 e. The molecule has 1 aromatic rings. The highest BCUT2D eigenvalue weighted by atomic mass is 127. The monoisotopic (exact) mass is 430 g/mol. The number of benzene rings is 1. The summed E-state index contributed by atoms with van der Waals surface area (Å²) >= 11 is 2.17. The summed E-state index contributed by atoms with van der Waals surface area (Å²) in [5, 5.41) is 9.96. The third-order valence-electron chi connectivity index (χ3n) is 5.18. The SMILES string of the molecule is COc1cc(CN2CCC(N3CCCCC3)CC2)cc(I)c1O. The molecule has 0 saturated carbocycles. The van der Waals surface area contributed by atoms with Crippen LogP contribution in [0.5, 0.6) is 11.5 Å². The van der Waals surface area contributed by atoms with Crippen molar-refractivity contribution in [2.24, 2.45) is 0 Å². The number of methoxy groups -OCH3 is 1. The lowest BCUT2D eigenvalue weighted by molar-refractivity contribution is 0.0896. The first-order valence-corrected chi connectivity index (χ1v) is 9.77. The average Bonchev–Trinajstić information content (AvgIpc) is 2.59. The molecular formula is C18H27IN2O2. The molecular weight excluding hydrogens is 403 g/mol. The van der Waals surface area contributed by atoms with Gasteiger partial charge in [0.2, 0.25) is 0 Å². The summed E-state index contributed by atoms with van der Waals surface area (Å²) in [5.74, 6) is 0.829. The van der Waals surface area contributed by atoms with Crippen molar-refractivity contribution < 1.29 is 9.84 Å². The van der Waals surface area contributed by atoms with Gasteiger partial charge in [-0.3, -0.25) is 4.90 Å². The van der Waals surface area contributed by atoms with Crippen molar-refractivity contribution in [2.75, 3.05) is 33.3 Å². The second kappa shape index (κ2) is 8.03. The molecule has 4 nitrogen and oxygen atoms in total. The zero-order valence-corrected chi connectivity index (χ0v) is 16.1. The van der Waals surface area contributed by atoms with Gasteiger partial charge in [-0.1, -0.05) is 6.42 Å². The third-order valence-corrected chi connectivity index (χ3v) is 6.00. The average molecular weight is 430 g/mol. The van der Waals surface area contributed by atoms with E-state index in [4.69, 9.17) is 4.74 Å². The zero-order chi connectivity index (χ0) is 16.2. The molecule has 128 valence electrons. The molecule has 1 aromatic carbocycles. The molecule has 0 amide bonds. The summed E-state index contributed by atoms with van der Waals surface area (Å²) in [4.78, 5) is 5.25. The van der Waals surface area contributed by atoms with Gasteiger partial charge >= 0.3 is 0 Å². The van der Waals surface area contributed by atoms with Crippen LogP contribution < -0.4 is 4.74 Å². The molecule has 2 saturated heterocycles. The fraction of sp³-hybridized carbons (Fsp3) is 0.667. The standard InChI is InChI=1S/C18H27IN2O2/c1-23-17-12-14(11-16(19)18(17)22)13-20-9-5-15(6-10-20)21-7-3-2-4-8-21/h11-12,15,22H,2-10,13H2,1H3. The Balaban J connectivity index is 1.55. The van der Waals surface area contributed by atoms with Crippen LogP contribution in [0.1, 0.15) is 37.7 Å². The van der Waals surface area contributed by atoms with Crippen molar-refractivity contribution in [3.8, 4) is 11.5 Å². The second-order valence-corrected chi connectivity index (χ2v) is 7.89. The van der Waals surface area contributed by atoms with E-state index in [0.717, 1.165) is 16.2 Å². The highest BCUT2D eigenvalue weighted by Crippen LogP contribution is 2.33. The van der Waals surface area contributed by atoms with E-state index in [1.807, 2.05) is 6.07 Å². The molecule has 0 unspecified atom stereocenters. The molecule has 2 aliphatic heterocycles. The Morgan fingerprint density at radius 3 is 2.48 bits per heavy atom. The van der Waals surface area contributed by atoms with Gasteiger partial charge in [0, 0.05) is 12.6 Å². The number of hydrogen-bond donors (Lipinski definition) is 1. The Hall–Kier alpha value is -0.530. The Labute approximate surface area is 152 Å². The lowest BCUT2D eigenvalue weighted by Gasteiger charge is -2.40. The van der Waals surface area contributed by atoms with Crippen molar-refractivity contribution in [1.29, 1.82) is 0 Å². The van der Waals surface area contributed by atoms with Gasteiger partial charge < -0.3 is 14.7 Å². The van der Waals surface area contributed by atoms with E-state index in [1.54, 1.807) is 7.11 Å². The summed E-state index contributed by atoms with van der Waals surface area (Å²) in [6.07, 6.45) is 6.74. The smallest absolute Gasteiger partial charge is 0.171 e. The van der Waals surface area contributed by atoms with E-state index in [2.05, 4.69) is 38.5 Å². The predicted molar refractivity (Wildman–Crippen MR) is 101 cm³/mol. The molecule has 3 rings (SSSR count). The number of nitrogens with zero attached hydrogens (tertiary/aromatic N) is 2. The van der Waals surface area contributed by atoms with Crippen LogP contribution in [0.25, 0.3) is 0 Å². The zero-order valence-electron chi connectivity index (χ0n) is 13.9. The summed E-state index contributed by atoms with van der Waals surface area (Å²) < 4.78 is 6.13. The Bertz CT molecular complexity index is 524. The summed E-state index contributed by atoms with van der Waals surface area (Å²) in [6.45, 7) is 5.89. The van der Waals surface area contributed by atoms with Gasteiger partial charge in [0.05, 0.1) is 10.7 Å². The molecule has 0 radical (unpaired) electrons. The van der Waals surface area contributed by atoms with Crippen LogP contribution in [0, 0.1) is 3.57 Å². The molecule has 5 heteroatoms. The maximum atomic E-state index is 9.96. The fourth-order valence-corrected chi connectivity index (χ4v) is 4.52. The predicted octanol–water partition coefficient (Wildman–Crippen LogP) is 3.46. The lowest BCUT2D eigenvalue weighted by atomic mass is 9.99. The van der Waals surface area contributed by atoms with Crippen LogP contribution in [-0.2, 0) is 6.54 Å². The maximum absolute atomic E-state index is 9.96. The molecule has 0 atom stereocenters. The highest BCUT2D eigenvalue weighted by molar-refractivity contribution is 14.1. The number of piperidine rings is 2. The van der Waals surface area contributed by atoms with Gasteiger partial charge in [-0.25, -0.2) is 0 Å². The quantitative estimate of drug-likeness (QED) is 0.743. The molecule has 0 aromatic heterocycles. The minimum atomic E-state index is 0.251. The Kier molecular flexibility index (Phi) is 6.04. The first-order valence-electron chi connectivity index (χ1n) is 8.69. The van der Waals surface area contributed by atoms with E-state index in [9.17, 15) is 5.11 Å². The van der Waals surface area contributed by atoms with Crippen LogP contribution in [0.3, 0.4) is 0 Å². The Morgan fingerprint density at radius 1 is 1.13 bits per heavy atom. The number of ether oxygens (including phenoxy) is 1. The van der Waals surface area contributed by atoms with Gasteiger partial charge in [-0.15, -0.1) is 0 Å². The molecule has 0 aliphatic carbocycles. The Morgan fingerprint density at radius 2 is 1.83 bits per heavy atom. The van der Waals surface area contributed by atoms with Gasteiger partial charge in [-0.2, -0.15) is 0 Å². The van der Waals surface area contributed by atoms with E-state index in [0.29, 0.717) is 5.75 Å². The molecule has 23 heavy (non-hydrogen) atoms. The summed E-state index contributed by atoms with van der Waals surface area (Å²) in [6, 6.07) is 4.82. The summed E-state index contributed by atoms with van der Waals surface area (Å²) in [5.41, 5.74) is 1.22. The number of phenolic OH excluding ortho intramolecular Hbond substituents is 1. The number of rotatable bonds is 4. The number of phenols is 1. The van der Waals surface area contributed by atoms with Gasteiger partial charge in [0.1, 0.15) is 0 Å². The number of aromatic hydroxyl groups is 1. The molecule has 0 spiro atoms. The molecule has 2 aliphatic rings. The van der Waals surface area contributed by atoms with E-state index in [-0.39, 0.29) is 5.75 Å². The van der Waals surface area contributed by atoms with Crippen molar-refractivity contribution in [1.82, 2.24) is 9.80 Å². The minimum absolute atomic E-state index is 0.251. The van der Waals surface area contributed by atoms with Crippen molar-refractivity contribution in [3.05, 3.63) is 21.3 Å². The van der Waals surface area contributed by atoms with Crippen LogP contribution in [0.15, 0.2) is 12.1 Å². The van der Waals surface area contributed by atoms with E-state index in [1.165, 1.54) is 63.8 Å². The fourth-order valence-electron chi connectivity index (χ4n) is 3.86. The van der Waals surface area contributed by atoms with Crippen LogP contribution in [-0.4, -0.2) is 54.2 Å². The first-order chi connectivity index (χ1) is 11.2.